The fraction of sp³-hybridized carbons (Fsp3) is 0.263. The van der Waals surface area contributed by atoms with Gasteiger partial charge in [0.2, 0.25) is 0 Å². The molecule has 0 bridgehead atoms. The Bertz CT molecular complexity index is 770. The molecular formula is C19H21N3O4. The molecule has 136 valence electrons. The van der Waals surface area contributed by atoms with Crippen LogP contribution in [0.15, 0.2) is 48.7 Å². The first kappa shape index (κ1) is 19.1. The number of carbonyl (C=O) groups is 1. The second-order valence-corrected chi connectivity index (χ2v) is 5.78. The highest BCUT2D eigenvalue weighted by atomic mass is 16.6. The van der Waals surface area contributed by atoms with Crippen LogP contribution in [0.4, 0.5) is 11.5 Å². The minimum atomic E-state index is -0.504. The second kappa shape index (κ2) is 9.31. The molecule has 7 nitrogen and oxygen atoms in total. The molecular weight excluding hydrogens is 334 g/mol. The zero-order valence-corrected chi connectivity index (χ0v) is 14.7. The molecule has 7 heteroatoms. The van der Waals surface area contributed by atoms with Crippen LogP contribution >= 0.6 is 0 Å². The first-order valence-electron chi connectivity index (χ1n) is 8.26. The fourth-order valence-corrected chi connectivity index (χ4v) is 2.12. The van der Waals surface area contributed by atoms with Crippen LogP contribution in [-0.4, -0.2) is 28.5 Å². The highest BCUT2D eigenvalue weighted by Gasteiger charge is 2.11. The van der Waals surface area contributed by atoms with Gasteiger partial charge in [-0.05, 0) is 31.1 Å². The predicted molar refractivity (Wildman–Crippen MR) is 99.8 cm³/mol. The van der Waals surface area contributed by atoms with Gasteiger partial charge in [-0.3, -0.25) is 10.1 Å². The van der Waals surface area contributed by atoms with E-state index in [2.05, 4.69) is 10.3 Å². The van der Waals surface area contributed by atoms with Crippen molar-refractivity contribution in [3.05, 3.63) is 69.9 Å². The Morgan fingerprint density at radius 1 is 1.31 bits per heavy atom. The van der Waals surface area contributed by atoms with Crippen molar-refractivity contribution < 1.29 is 14.5 Å². The molecule has 0 aliphatic heterocycles. The maximum absolute atomic E-state index is 11.8. The number of hydrogen-bond donors (Lipinski definition) is 1. The van der Waals surface area contributed by atoms with E-state index in [1.54, 1.807) is 6.08 Å². The largest absolute Gasteiger partial charge is 0.460 e. The van der Waals surface area contributed by atoms with Gasteiger partial charge in [0.15, 0.2) is 0 Å². The van der Waals surface area contributed by atoms with Crippen LogP contribution in [0, 0.1) is 17.0 Å². The van der Waals surface area contributed by atoms with E-state index in [1.807, 2.05) is 38.1 Å². The van der Waals surface area contributed by atoms with E-state index >= 15 is 0 Å². The number of aromatic nitrogens is 1. The van der Waals surface area contributed by atoms with Crippen LogP contribution in [0.25, 0.3) is 6.08 Å². The zero-order valence-electron chi connectivity index (χ0n) is 14.7. The van der Waals surface area contributed by atoms with E-state index in [1.165, 1.54) is 24.4 Å². The molecule has 1 N–H and O–H groups in total. The number of anilines is 1. The van der Waals surface area contributed by atoms with E-state index < -0.39 is 10.9 Å². The summed E-state index contributed by atoms with van der Waals surface area (Å²) in [5, 5.41) is 13.7. The summed E-state index contributed by atoms with van der Waals surface area (Å²) in [5.74, 6) is 0.0659. The molecule has 1 unspecified atom stereocenters. The Kier molecular flexibility index (Phi) is 6.84. The van der Waals surface area contributed by atoms with Crippen molar-refractivity contribution in [3.63, 3.8) is 0 Å². The van der Waals surface area contributed by atoms with Gasteiger partial charge in [-0.2, -0.15) is 0 Å². The Balaban J connectivity index is 1.84. The first-order chi connectivity index (χ1) is 12.5. The highest BCUT2D eigenvalue weighted by Crippen LogP contribution is 2.13. The van der Waals surface area contributed by atoms with E-state index in [0.717, 1.165) is 11.1 Å². The number of hydrogen-bond acceptors (Lipinski definition) is 6. The second-order valence-electron chi connectivity index (χ2n) is 5.78. The normalized spacial score (nSPS) is 11.9. The van der Waals surface area contributed by atoms with Crippen LogP contribution < -0.4 is 5.32 Å². The summed E-state index contributed by atoms with van der Waals surface area (Å²) >= 11 is 0. The standard InChI is InChI=1S/C19H21N3O4/c1-3-16(21-18-10-9-17(12-20-18)22(24)25)13-26-19(23)11-8-15-6-4-14(2)5-7-15/h4-12,16H,3,13H2,1-2H3,(H,20,21)/b11-8+. The third kappa shape index (κ3) is 6.01. The predicted octanol–water partition coefficient (Wildman–Crippen LogP) is 3.75. The Morgan fingerprint density at radius 2 is 2.04 bits per heavy atom. The molecule has 0 amide bonds. The van der Waals surface area contributed by atoms with Gasteiger partial charge in [0, 0.05) is 12.1 Å². The number of nitro groups is 1. The monoisotopic (exact) mass is 355 g/mol. The molecule has 0 aliphatic rings. The van der Waals surface area contributed by atoms with Crippen molar-refractivity contribution in [2.45, 2.75) is 26.3 Å². The lowest BCUT2D eigenvalue weighted by Gasteiger charge is -2.16. The van der Waals surface area contributed by atoms with Gasteiger partial charge in [0.25, 0.3) is 5.69 Å². The van der Waals surface area contributed by atoms with Gasteiger partial charge < -0.3 is 10.1 Å². The van der Waals surface area contributed by atoms with Crippen LogP contribution in [0.1, 0.15) is 24.5 Å². The average molecular weight is 355 g/mol. The van der Waals surface area contributed by atoms with E-state index in [-0.39, 0.29) is 18.3 Å². The number of esters is 1. The summed E-state index contributed by atoms with van der Waals surface area (Å²) in [6.07, 6.45) is 4.98. The van der Waals surface area contributed by atoms with E-state index in [9.17, 15) is 14.9 Å². The van der Waals surface area contributed by atoms with Gasteiger partial charge in [-0.15, -0.1) is 0 Å². The number of aryl methyl sites for hydroxylation is 1. The van der Waals surface area contributed by atoms with Crippen LogP contribution in [0.5, 0.6) is 0 Å². The Hall–Kier alpha value is -3.22. The number of pyridine rings is 1. The molecule has 1 aromatic carbocycles. The summed E-state index contributed by atoms with van der Waals surface area (Å²) in [6.45, 7) is 4.12. The number of ether oxygens (including phenoxy) is 1. The minimum absolute atomic E-state index is 0.0729. The Morgan fingerprint density at radius 3 is 2.62 bits per heavy atom. The molecule has 1 atom stereocenters. The summed E-state index contributed by atoms with van der Waals surface area (Å²) in [7, 11) is 0. The molecule has 1 heterocycles. The lowest BCUT2D eigenvalue weighted by atomic mass is 10.1. The topological polar surface area (TPSA) is 94.4 Å². The van der Waals surface area contributed by atoms with Crippen molar-refractivity contribution in [1.29, 1.82) is 0 Å². The van der Waals surface area contributed by atoms with Crippen LogP contribution in [0.2, 0.25) is 0 Å². The van der Waals surface area contributed by atoms with Crippen molar-refractivity contribution in [2.75, 3.05) is 11.9 Å². The quantitative estimate of drug-likeness (QED) is 0.335. The first-order valence-corrected chi connectivity index (χ1v) is 8.26. The molecule has 0 fully saturated rings. The van der Waals surface area contributed by atoms with Gasteiger partial charge in [-0.25, -0.2) is 9.78 Å². The van der Waals surface area contributed by atoms with Crippen molar-refractivity contribution >= 4 is 23.6 Å². The minimum Gasteiger partial charge on any atom is -0.460 e. The van der Waals surface area contributed by atoms with Crippen LogP contribution in [0.3, 0.4) is 0 Å². The van der Waals surface area contributed by atoms with E-state index in [0.29, 0.717) is 12.2 Å². The lowest BCUT2D eigenvalue weighted by molar-refractivity contribution is -0.385. The number of rotatable bonds is 8. The maximum atomic E-state index is 11.8. The van der Waals surface area contributed by atoms with Crippen molar-refractivity contribution in [2.24, 2.45) is 0 Å². The Labute approximate surface area is 151 Å². The molecule has 0 radical (unpaired) electrons. The summed E-state index contributed by atoms with van der Waals surface area (Å²) in [6, 6.07) is 10.6. The number of benzene rings is 1. The lowest BCUT2D eigenvalue weighted by Crippen LogP contribution is -2.26. The number of nitrogens with one attached hydrogen (secondary N) is 1. The van der Waals surface area contributed by atoms with Gasteiger partial charge in [0.05, 0.1) is 11.0 Å². The molecule has 0 saturated carbocycles. The molecule has 0 spiro atoms. The molecule has 26 heavy (non-hydrogen) atoms. The molecule has 0 saturated heterocycles. The summed E-state index contributed by atoms with van der Waals surface area (Å²) < 4.78 is 5.25. The van der Waals surface area contributed by atoms with E-state index in [4.69, 9.17) is 4.74 Å². The van der Waals surface area contributed by atoms with Crippen molar-refractivity contribution in [1.82, 2.24) is 4.98 Å². The summed E-state index contributed by atoms with van der Waals surface area (Å²) in [5.41, 5.74) is 2.01. The average Bonchev–Trinajstić information content (AvgIpc) is 2.65. The highest BCUT2D eigenvalue weighted by molar-refractivity contribution is 5.87. The molecule has 0 aliphatic carbocycles. The molecule has 2 aromatic rings. The van der Waals surface area contributed by atoms with Gasteiger partial charge in [-0.1, -0.05) is 36.8 Å². The third-order valence-corrected chi connectivity index (χ3v) is 3.72. The SMILES string of the molecule is CCC(COC(=O)/C=C/c1ccc(C)cc1)Nc1ccc([N+](=O)[O-])cn1. The molecule has 1 aromatic heterocycles. The number of nitrogens with zero attached hydrogens (tertiary/aromatic N) is 2. The van der Waals surface area contributed by atoms with Gasteiger partial charge in [0.1, 0.15) is 18.6 Å². The van der Waals surface area contributed by atoms with Crippen LogP contribution in [-0.2, 0) is 9.53 Å². The number of carbonyl (C=O) groups excluding carboxylic acids is 1. The summed E-state index contributed by atoms with van der Waals surface area (Å²) in [4.78, 5) is 26.0. The third-order valence-electron chi connectivity index (χ3n) is 3.72. The maximum Gasteiger partial charge on any atom is 0.330 e. The zero-order chi connectivity index (χ0) is 18.9. The van der Waals surface area contributed by atoms with Gasteiger partial charge >= 0.3 is 5.97 Å². The smallest absolute Gasteiger partial charge is 0.330 e. The molecule has 2 rings (SSSR count). The fourth-order valence-electron chi connectivity index (χ4n) is 2.12. The van der Waals surface area contributed by atoms with Crippen molar-refractivity contribution in [3.8, 4) is 0 Å².